The minimum absolute atomic E-state index is 0.0712. The summed E-state index contributed by atoms with van der Waals surface area (Å²) in [5.41, 5.74) is 0. The lowest BCUT2D eigenvalue weighted by molar-refractivity contribution is -0.129. The molecule has 0 radical (unpaired) electrons. The topological polar surface area (TPSA) is 69.6 Å². The van der Waals surface area contributed by atoms with E-state index in [2.05, 4.69) is 5.32 Å². The molecule has 0 spiro atoms. The molecule has 1 saturated carbocycles. The molecule has 2 N–H and O–H groups in total. The lowest BCUT2D eigenvalue weighted by atomic mass is 10.1. The van der Waals surface area contributed by atoms with Crippen LogP contribution in [0.2, 0.25) is 0 Å². The van der Waals surface area contributed by atoms with Crippen LogP contribution in [0.4, 0.5) is 0 Å². The van der Waals surface area contributed by atoms with Crippen molar-refractivity contribution in [3.05, 3.63) is 0 Å². The van der Waals surface area contributed by atoms with E-state index in [0.717, 1.165) is 6.54 Å². The molecule has 1 aliphatic heterocycles. The van der Waals surface area contributed by atoms with Crippen LogP contribution < -0.4 is 5.32 Å². The number of carbonyl (C=O) groups is 2. The molecule has 2 amide bonds. The zero-order chi connectivity index (χ0) is 12.4. The molecule has 17 heavy (non-hydrogen) atoms. The first-order valence-electron chi connectivity index (χ1n) is 6.29. The maximum atomic E-state index is 11.8. The third kappa shape index (κ3) is 3.19. The number of aliphatic hydroxyl groups is 1. The fourth-order valence-corrected chi connectivity index (χ4v) is 2.14. The van der Waals surface area contributed by atoms with Crippen LogP contribution in [-0.2, 0) is 9.59 Å². The molecule has 1 aliphatic carbocycles. The van der Waals surface area contributed by atoms with Crippen molar-refractivity contribution in [3.8, 4) is 0 Å². The summed E-state index contributed by atoms with van der Waals surface area (Å²) < 4.78 is 0. The van der Waals surface area contributed by atoms with Gasteiger partial charge in [-0.15, -0.1) is 0 Å². The lowest BCUT2D eigenvalue weighted by Crippen LogP contribution is -2.40. The first-order valence-corrected chi connectivity index (χ1v) is 6.29. The number of nitrogens with one attached hydrogen (secondary N) is 1. The smallest absolute Gasteiger partial charge is 0.225 e. The molecule has 1 saturated heterocycles. The van der Waals surface area contributed by atoms with Crippen molar-refractivity contribution < 1.29 is 14.7 Å². The lowest BCUT2D eigenvalue weighted by Gasteiger charge is -2.17. The molecule has 0 aromatic heterocycles. The molecular weight excluding hydrogens is 220 g/mol. The first kappa shape index (κ1) is 12.4. The van der Waals surface area contributed by atoms with Crippen LogP contribution in [-0.4, -0.2) is 47.6 Å². The maximum Gasteiger partial charge on any atom is 0.225 e. The molecule has 1 heterocycles. The van der Waals surface area contributed by atoms with E-state index in [1.807, 2.05) is 4.90 Å². The summed E-state index contributed by atoms with van der Waals surface area (Å²) in [6.07, 6.45) is 2.74. The summed E-state index contributed by atoms with van der Waals surface area (Å²) in [5, 5.41) is 11.6. The molecule has 5 nitrogen and oxygen atoms in total. The number of hydrogen-bond donors (Lipinski definition) is 2. The highest BCUT2D eigenvalue weighted by Crippen LogP contribution is 2.31. The van der Waals surface area contributed by atoms with Crippen LogP contribution in [0.25, 0.3) is 0 Å². The Bertz CT molecular complexity index is 315. The summed E-state index contributed by atoms with van der Waals surface area (Å²) in [4.78, 5) is 25.3. The fraction of sp³-hybridized carbons (Fsp3) is 0.833. The second-order valence-corrected chi connectivity index (χ2v) is 5.24. The Morgan fingerprint density at radius 3 is 2.88 bits per heavy atom. The van der Waals surface area contributed by atoms with E-state index in [4.69, 9.17) is 5.11 Å². The van der Waals surface area contributed by atoms with Gasteiger partial charge in [-0.25, -0.2) is 0 Å². The van der Waals surface area contributed by atoms with E-state index in [-0.39, 0.29) is 30.4 Å². The Morgan fingerprint density at radius 1 is 1.59 bits per heavy atom. The van der Waals surface area contributed by atoms with Crippen molar-refractivity contribution in [1.29, 1.82) is 0 Å². The van der Waals surface area contributed by atoms with Crippen LogP contribution in [0.3, 0.4) is 0 Å². The molecule has 0 aromatic rings. The maximum absolute atomic E-state index is 11.8. The summed E-state index contributed by atoms with van der Waals surface area (Å²) >= 11 is 0. The summed E-state index contributed by atoms with van der Waals surface area (Å²) in [7, 11) is 0. The highest BCUT2D eigenvalue weighted by Gasteiger charge is 2.37. The Balaban J connectivity index is 1.82. The van der Waals surface area contributed by atoms with Gasteiger partial charge in [0.1, 0.15) is 0 Å². The molecule has 2 fully saturated rings. The second kappa shape index (κ2) is 5.04. The quantitative estimate of drug-likeness (QED) is 0.695. The second-order valence-electron chi connectivity index (χ2n) is 5.24. The molecule has 2 unspecified atom stereocenters. The van der Waals surface area contributed by atoms with Gasteiger partial charge in [0.25, 0.3) is 0 Å². The van der Waals surface area contributed by atoms with E-state index < -0.39 is 0 Å². The number of aliphatic hydroxyl groups excluding tert-OH is 1. The van der Waals surface area contributed by atoms with E-state index in [1.165, 1.54) is 12.8 Å². The molecule has 96 valence electrons. The van der Waals surface area contributed by atoms with Crippen molar-refractivity contribution in [2.45, 2.75) is 32.2 Å². The van der Waals surface area contributed by atoms with Gasteiger partial charge in [-0.3, -0.25) is 9.59 Å². The Labute approximate surface area is 101 Å². The zero-order valence-corrected chi connectivity index (χ0v) is 10.2. The normalized spacial score (nSPS) is 26.1. The minimum Gasteiger partial charge on any atom is -0.394 e. The number of likely N-dealkylation sites (tertiary alicyclic amines) is 1. The number of carbonyl (C=O) groups excluding carboxylic acids is 2. The zero-order valence-electron chi connectivity index (χ0n) is 10.2. The largest absolute Gasteiger partial charge is 0.394 e. The van der Waals surface area contributed by atoms with Crippen LogP contribution in [0.15, 0.2) is 0 Å². The molecule has 5 heteroatoms. The van der Waals surface area contributed by atoms with Gasteiger partial charge >= 0.3 is 0 Å². The van der Waals surface area contributed by atoms with E-state index >= 15 is 0 Å². The van der Waals surface area contributed by atoms with Gasteiger partial charge in [0.15, 0.2) is 0 Å². The molecule has 2 aliphatic rings. The average Bonchev–Trinajstić information content (AvgIpc) is 3.03. The first-order chi connectivity index (χ1) is 8.10. The van der Waals surface area contributed by atoms with Crippen molar-refractivity contribution in [3.63, 3.8) is 0 Å². The van der Waals surface area contributed by atoms with E-state index in [1.54, 1.807) is 6.92 Å². The number of rotatable bonds is 5. The minimum atomic E-state index is -0.241. The highest BCUT2D eigenvalue weighted by molar-refractivity contribution is 5.89. The Hall–Kier alpha value is -1.10. The number of hydrogen-bond acceptors (Lipinski definition) is 3. The van der Waals surface area contributed by atoms with Gasteiger partial charge in [0.05, 0.1) is 12.5 Å². The molecule has 2 rings (SSSR count). The number of nitrogens with zero attached hydrogens (tertiary/aromatic N) is 1. The van der Waals surface area contributed by atoms with E-state index in [9.17, 15) is 9.59 Å². The Morgan fingerprint density at radius 2 is 2.29 bits per heavy atom. The standard InChI is InChI=1S/C12H20N2O3/c1-8(7-15)13-12(17)10-4-11(16)14(6-10)5-9-2-3-9/h8-10,15H,2-7H2,1H3,(H,13,17). The molecule has 2 atom stereocenters. The SMILES string of the molecule is CC(CO)NC(=O)C1CC(=O)N(CC2CC2)C1. The summed E-state index contributed by atoms with van der Waals surface area (Å²) in [6.45, 7) is 3.03. The van der Waals surface area contributed by atoms with Crippen LogP contribution in [0, 0.1) is 11.8 Å². The van der Waals surface area contributed by atoms with Gasteiger partial charge < -0.3 is 15.3 Å². The molecular formula is C12H20N2O3. The van der Waals surface area contributed by atoms with Gasteiger partial charge in [-0.2, -0.15) is 0 Å². The third-order valence-electron chi connectivity index (χ3n) is 3.42. The van der Waals surface area contributed by atoms with Crippen LogP contribution in [0.5, 0.6) is 0 Å². The van der Waals surface area contributed by atoms with Gasteiger partial charge in [0.2, 0.25) is 11.8 Å². The fourth-order valence-electron chi connectivity index (χ4n) is 2.14. The monoisotopic (exact) mass is 240 g/mol. The summed E-state index contributed by atoms with van der Waals surface area (Å²) in [5.74, 6) is 0.402. The van der Waals surface area contributed by atoms with Crippen molar-refractivity contribution in [2.24, 2.45) is 11.8 Å². The molecule has 0 aromatic carbocycles. The van der Waals surface area contributed by atoms with Gasteiger partial charge in [0, 0.05) is 25.6 Å². The summed E-state index contributed by atoms with van der Waals surface area (Å²) in [6, 6.07) is -0.241. The third-order valence-corrected chi connectivity index (χ3v) is 3.42. The predicted molar refractivity (Wildman–Crippen MR) is 62.1 cm³/mol. The Kier molecular flexibility index (Phi) is 3.66. The average molecular weight is 240 g/mol. The van der Waals surface area contributed by atoms with Gasteiger partial charge in [-0.1, -0.05) is 0 Å². The van der Waals surface area contributed by atoms with Crippen molar-refractivity contribution in [1.82, 2.24) is 10.2 Å². The number of amides is 2. The van der Waals surface area contributed by atoms with Crippen molar-refractivity contribution in [2.75, 3.05) is 19.7 Å². The molecule has 0 bridgehead atoms. The predicted octanol–water partition coefficient (Wildman–Crippen LogP) is -0.258. The van der Waals surface area contributed by atoms with Crippen LogP contribution in [0.1, 0.15) is 26.2 Å². The van der Waals surface area contributed by atoms with Crippen molar-refractivity contribution >= 4 is 11.8 Å². The van der Waals surface area contributed by atoms with Gasteiger partial charge in [-0.05, 0) is 25.7 Å². The van der Waals surface area contributed by atoms with Crippen LogP contribution >= 0.6 is 0 Å². The van der Waals surface area contributed by atoms with E-state index in [0.29, 0.717) is 18.9 Å². The highest BCUT2D eigenvalue weighted by atomic mass is 16.3.